The molecule has 4 nitrogen and oxygen atoms in total. The van der Waals surface area contributed by atoms with E-state index in [1.165, 1.54) is 24.8 Å². The number of aliphatic imine (C=N–C) groups is 1. The average Bonchev–Trinajstić information content (AvgIpc) is 3.06. The van der Waals surface area contributed by atoms with Crippen LogP contribution in [0.5, 0.6) is 5.75 Å². The van der Waals surface area contributed by atoms with E-state index in [0.29, 0.717) is 0 Å². The van der Waals surface area contributed by atoms with Crippen LogP contribution in [0.1, 0.15) is 56.1 Å². The predicted molar refractivity (Wildman–Crippen MR) is 90.4 cm³/mol. The highest BCUT2D eigenvalue weighted by Crippen LogP contribution is 2.43. The van der Waals surface area contributed by atoms with Crippen LogP contribution >= 0.6 is 0 Å². The summed E-state index contributed by atoms with van der Waals surface area (Å²) >= 11 is 0. The van der Waals surface area contributed by atoms with E-state index >= 15 is 0 Å². The number of ether oxygens (including phenoxy) is 1. The summed E-state index contributed by atoms with van der Waals surface area (Å²) in [6.07, 6.45) is 9.84. The SMILES string of the molecule is COc1ccc(C2(N=C=O)CCCC2)cc1CN1CCCCC1. The minimum absolute atomic E-state index is 0.356. The maximum atomic E-state index is 10.9. The van der Waals surface area contributed by atoms with Crippen molar-refractivity contribution >= 4 is 6.08 Å². The van der Waals surface area contributed by atoms with E-state index in [1.54, 1.807) is 7.11 Å². The molecule has 1 saturated heterocycles. The van der Waals surface area contributed by atoms with E-state index < -0.39 is 0 Å². The second-order valence-electron chi connectivity index (χ2n) is 6.81. The largest absolute Gasteiger partial charge is 0.496 e. The molecule has 1 aliphatic carbocycles. The fourth-order valence-electron chi connectivity index (χ4n) is 4.06. The van der Waals surface area contributed by atoms with Gasteiger partial charge in [0.1, 0.15) is 5.75 Å². The molecule has 1 aromatic rings. The van der Waals surface area contributed by atoms with Crippen molar-refractivity contribution in [2.24, 2.45) is 4.99 Å². The van der Waals surface area contributed by atoms with E-state index in [-0.39, 0.29) is 5.54 Å². The fraction of sp³-hybridized carbons (Fsp3) is 0.632. The Hall–Kier alpha value is -1.64. The zero-order chi connectivity index (χ0) is 16.1. The molecule has 124 valence electrons. The minimum Gasteiger partial charge on any atom is -0.496 e. The second-order valence-corrected chi connectivity index (χ2v) is 6.81. The maximum absolute atomic E-state index is 10.9. The first-order valence-corrected chi connectivity index (χ1v) is 8.76. The molecule has 0 N–H and O–H groups in total. The molecule has 1 heterocycles. The van der Waals surface area contributed by atoms with Gasteiger partial charge in [-0.15, -0.1) is 0 Å². The summed E-state index contributed by atoms with van der Waals surface area (Å²) < 4.78 is 5.56. The van der Waals surface area contributed by atoms with E-state index in [4.69, 9.17) is 4.74 Å². The average molecular weight is 314 g/mol. The lowest BCUT2D eigenvalue weighted by atomic mass is 9.87. The Kier molecular flexibility index (Phi) is 5.14. The van der Waals surface area contributed by atoms with Crippen LogP contribution in [0.4, 0.5) is 0 Å². The summed E-state index contributed by atoms with van der Waals surface area (Å²) in [6, 6.07) is 6.32. The van der Waals surface area contributed by atoms with Crippen LogP contribution in [0, 0.1) is 0 Å². The molecule has 1 aromatic carbocycles. The van der Waals surface area contributed by atoms with Crippen LogP contribution in [-0.2, 0) is 16.9 Å². The van der Waals surface area contributed by atoms with Crippen LogP contribution in [0.15, 0.2) is 23.2 Å². The van der Waals surface area contributed by atoms with Gasteiger partial charge in [0.2, 0.25) is 6.08 Å². The second kappa shape index (κ2) is 7.29. The summed E-state index contributed by atoms with van der Waals surface area (Å²) in [5, 5.41) is 0. The third kappa shape index (κ3) is 3.49. The van der Waals surface area contributed by atoms with Crippen molar-refractivity contribution < 1.29 is 9.53 Å². The molecule has 1 saturated carbocycles. The summed E-state index contributed by atoms with van der Waals surface area (Å²) in [5.74, 6) is 0.933. The van der Waals surface area contributed by atoms with Crippen molar-refractivity contribution in [2.45, 2.75) is 57.0 Å². The first kappa shape index (κ1) is 16.2. The number of likely N-dealkylation sites (tertiary alicyclic amines) is 1. The Labute approximate surface area is 138 Å². The number of isocyanates is 1. The number of piperidine rings is 1. The standard InChI is InChI=1S/C19H26N2O2/c1-23-18-8-7-17(19(20-15-22)9-3-4-10-19)13-16(18)14-21-11-5-2-6-12-21/h7-8,13H,2-6,9-12,14H2,1H3. The van der Waals surface area contributed by atoms with Gasteiger partial charge in [0.05, 0.1) is 12.6 Å². The van der Waals surface area contributed by atoms with Gasteiger partial charge in [0.15, 0.2) is 0 Å². The number of hydrogen-bond acceptors (Lipinski definition) is 4. The summed E-state index contributed by atoms with van der Waals surface area (Å²) in [5.41, 5.74) is 2.00. The van der Waals surface area contributed by atoms with Gasteiger partial charge in [0.25, 0.3) is 0 Å². The molecule has 0 spiro atoms. The van der Waals surface area contributed by atoms with Gasteiger partial charge in [-0.1, -0.05) is 25.3 Å². The first-order valence-electron chi connectivity index (χ1n) is 8.76. The van der Waals surface area contributed by atoms with Crippen molar-refractivity contribution in [3.63, 3.8) is 0 Å². The van der Waals surface area contributed by atoms with Crippen LogP contribution in [0.25, 0.3) is 0 Å². The monoisotopic (exact) mass is 314 g/mol. The van der Waals surface area contributed by atoms with E-state index in [1.807, 2.05) is 12.1 Å². The quantitative estimate of drug-likeness (QED) is 0.613. The summed E-state index contributed by atoms with van der Waals surface area (Å²) in [7, 11) is 1.73. The molecule has 0 unspecified atom stereocenters. The van der Waals surface area contributed by atoms with Gasteiger partial charge in [0, 0.05) is 12.1 Å². The van der Waals surface area contributed by atoms with Crippen LogP contribution < -0.4 is 4.74 Å². The van der Waals surface area contributed by atoms with Crippen LogP contribution in [0.2, 0.25) is 0 Å². The molecule has 2 fully saturated rings. The highest BCUT2D eigenvalue weighted by atomic mass is 16.5. The fourth-order valence-corrected chi connectivity index (χ4v) is 4.06. The lowest BCUT2D eigenvalue weighted by Crippen LogP contribution is -2.29. The van der Waals surface area contributed by atoms with Gasteiger partial charge in [-0.3, -0.25) is 4.90 Å². The predicted octanol–water partition coefficient (Wildman–Crippen LogP) is 3.79. The van der Waals surface area contributed by atoms with Gasteiger partial charge in [-0.25, -0.2) is 4.79 Å². The van der Waals surface area contributed by atoms with Crippen molar-refractivity contribution in [3.8, 4) is 5.75 Å². The lowest BCUT2D eigenvalue weighted by molar-refractivity contribution is 0.218. The molecular weight excluding hydrogens is 288 g/mol. The third-order valence-electron chi connectivity index (χ3n) is 5.35. The summed E-state index contributed by atoms with van der Waals surface area (Å²) in [4.78, 5) is 17.6. The Morgan fingerprint density at radius 2 is 1.91 bits per heavy atom. The van der Waals surface area contributed by atoms with Gasteiger partial charge in [-0.2, -0.15) is 4.99 Å². The number of hydrogen-bond donors (Lipinski definition) is 0. The number of methoxy groups -OCH3 is 1. The van der Waals surface area contributed by atoms with Crippen molar-refractivity contribution in [2.75, 3.05) is 20.2 Å². The molecule has 1 aliphatic heterocycles. The topological polar surface area (TPSA) is 41.9 Å². The Morgan fingerprint density at radius 1 is 1.17 bits per heavy atom. The third-order valence-corrected chi connectivity index (χ3v) is 5.35. The number of benzene rings is 1. The Morgan fingerprint density at radius 3 is 2.57 bits per heavy atom. The van der Waals surface area contributed by atoms with E-state index in [0.717, 1.165) is 56.6 Å². The molecule has 23 heavy (non-hydrogen) atoms. The Balaban J connectivity index is 1.90. The van der Waals surface area contributed by atoms with Gasteiger partial charge < -0.3 is 4.74 Å². The molecule has 0 atom stereocenters. The molecule has 0 radical (unpaired) electrons. The Bertz CT molecular complexity index is 581. The first-order chi connectivity index (χ1) is 11.3. The normalized spacial score (nSPS) is 20.9. The van der Waals surface area contributed by atoms with E-state index in [2.05, 4.69) is 22.0 Å². The number of nitrogens with zero attached hydrogens (tertiary/aromatic N) is 2. The molecule has 3 rings (SSSR count). The molecular formula is C19H26N2O2. The molecule has 2 aliphatic rings. The van der Waals surface area contributed by atoms with Gasteiger partial charge >= 0.3 is 0 Å². The van der Waals surface area contributed by atoms with Crippen molar-refractivity contribution in [1.29, 1.82) is 0 Å². The maximum Gasteiger partial charge on any atom is 0.235 e. The highest BCUT2D eigenvalue weighted by molar-refractivity contribution is 5.43. The number of carbonyl (C=O) groups excluding carboxylic acids is 1. The summed E-state index contributed by atoms with van der Waals surface area (Å²) in [6.45, 7) is 3.23. The zero-order valence-electron chi connectivity index (χ0n) is 14.0. The molecule has 0 bridgehead atoms. The highest BCUT2D eigenvalue weighted by Gasteiger charge is 2.36. The smallest absolute Gasteiger partial charge is 0.235 e. The van der Waals surface area contributed by atoms with Gasteiger partial charge in [-0.05, 0) is 56.5 Å². The molecule has 0 aromatic heterocycles. The molecule has 4 heteroatoms. The lowest BCUT2D eigenvalue weighted by Gasteiger charge is -2.28. The zero-order valence-corrected chi connectivity index (χ0v) is 14.0. The van der Waals surface area contributed by atoms with E-state index in [9.17, 15) is 4.79 Å². The van der Waals surface area contributed by atoms with Crippen molar-refractivity contribution in [1.82, 2.24) is 4.90 Å². The number of rotatable bonds is 5. The molecule has 0 amide bonds. The van der Waals surface area contributed by atoms with Crippen molar-refractivity contribution in [3.05, 3.63) is 29.3 Å². The van der Waals surface area contributed by atoms with Crippen LogP contribution in [0.3, 0.4) is 0 Å². The minimum atomic E-state index is -0.356. The van der Waals surface area contributed by atoms with Crippen LogP contribution in [-0.4, -0.2) is 31.2 Å².